The second kappa shape index (κ2) is 7.73. The molecule has 0 aliphatic carbocycles. The molecule has 0 amide bonds. The monoisotopic (exact) mass is 332 g/mol. The van der Waals surface area contributed by atoms with E-state index in [0.29, 0.717) is 0 Å². The Morgan fingerprint density at radius 1 is 0.952 bits per heavy atom. The summed E-state index contributed by atoms with van der Waals surface area (Å²) < 4.78 is 5.82. The fourth-order valence-electron chi connectivity index (χ4n) is 1.84. The number of nitrogens with one attached hydrogen (secondary N) is 1. The van der Waals surface area contributed by atoms with Gasteiger partial charge in [0.1, 0.15) is 0 Å². The Balaban J connectivity index is 1.36. The lowest BCUT2D eigenvalue weighted by Crippen LogP contribution is -1.90. The molecule has 1 N–H and O–H groups in total. The average Bonchev–Trinajstić information content (AvgIpc) is 2.94. The summed E-state index contributed by atoms with van der Waals surface area (Å²) in [5, 5.41) is 0. The number of para-hydroxylation sites is 2. The van der Waals surface area contributed by atoms with Crippen molar-refractivity contribution in [2.45, 2.75) is 10.8 Å². The molecule has 0 fully saturated rings. The summed E-state index contributed by atoms with van der Waals surface area (Å²) in [6, 6.07) is 18.6. The summed E-state index contributed by atoms with van der Waals surface area (Å²) in [4.78, 5) is 4.64. The molecule has 108 valence electrons. The van der Waals surface area contributed by atoms with Gasteiger partial charge in [0.15, 0.2) is 4.34 Å². The van der Waals surface area contributed by atoms with Crippen LogP contribution in [-0.2, 0) is 0 Å². The van der Waals surface area contributed by atoms with Gasteiger partial charge in [-0.3, -0.25) is 0 Å². The molecule has 1 heterocycles. The topological polar surface area (TPSA) is 24.9 Å². The standard InChI is InChI=1S/C16H16N2S3/c1-2-7-13(8-3-1)18-20-12-6-11-19-16-17-14-9-4-5-10-15(14)21-16/h1-5,7-10,18H,6,11-12H2. The van der Waals surface area contributed by atoms with Crippen molar-refractivity contribution in [3.05, 3.63) is 54.6 Å². The summed E-state index contributed by atoms with van der Waals surface area (Å²) >= 11 is 5.41. The van der Waals surface area contributed by atoms with Crippen molar-refractivity contribution in [1.29, 1.82) is 0 Å². The molecule has 0 bridgehead atoms. The first-order chi connectivity index (χ1) is 10.4. The van der Waals surface area contributed by atoms with Crippen molar-refractivity contribution in [3.63, 3.8) is 0 Å². The second-order valence-corrected chi connectivity index (χ2v) is 7.74. The zero-order valence-electron chi connectivity index (χ0n) is 11.5. The van der Waals surface area contributed by atoms with Crippen molar-refractivity contribution in [2.24, 2.45) is 0 Å². The SMILES string of the molecule is c1ccc(NSCCCSc2nc3ccccc3s2)cc1. The van der Waals surface area contributed by atoms with E-state index in [-0.39, 0.29) is 0 Å². The molecule has 1 aromatic heterocycles. The van der Waals surface area contributed by atoms with E-state index in [1.807, 2.05) is 36.0 Å². The minimum atomic E-state index is 1.10. The van der Waals surface area contributed by atoms with Crippen LogP contribution >= 0.6 is 35.0 Å². The van der Waals surface area contributed by atoms with Gasteiger partial charge in [-0.2, -0.15) is 0 Å². The highest BCUT2D eigenvalue weighted by Crippen LogP contribution is 2.29. The molecule has 2 aromatic carbocycles. The highest BCUT2D eigenvalue weighted by atomic mass is 32.2. The number of nitrogens with zero attached hydrogens (tertiary/aromatic N) is 1. The molecule has 2 nitrogen and oxygen atoms in total. The van der Waals surface area contributed by atoms with E-state index in [9.17, 15) is 0 Å². The largest absolute Gasteiger partial charge is 0.330 e. The summed E-state index contributed by atoms with van der Waals surface area (Å²) in [5.74, 6) is 2.22. The van der Waals surface area contributed by atoms with Gasteiger partial charge in [0.25, 0.3) is 0 Å². The van der Waals surface area contributed by atoms with Crippen molar-refractivity contribution in [1.82, 2.24) is 4.98 Å². The zero-order valence-corrected chi connectivity index (χ0v) is 13.9. The van der Waals surface area contributed by atoms with Crippen LogP contribution in [0.3, 0.4) is 0 Å². The van der Waals surface area contributed by atoms with Gasteiger partial charge in [0.05, 0.1) is 10.2 Å². The van der Waals surface area contributed by atoms with Crippen LogP contribution in [0.1, 0.15) is 6.42 Å². The zero-order chi connectivity index (χ0) is 14.3. The molecule has 0 atom stereocenters. The Bertz CT molecular complexity index is 649. The Morgan fingerprint density at radius 3 is 2.62 bits per heavy atom. The number of benzene rings is 2. The van der Waals surface area contributed by atoms with Gasteiger partial charge < -0.3 is 4.72 Å². The van der Waals surface area contributed by atoms with Crippen LogP contribution in [0.15, 0.2) is 58.9 Å². The summed E-state index contributed by atoms with van der Waals surface area (Å²) in [6.07, 6.45) is 1.17. The van der Waals surface area contributed by atoms with Crippen LogP contribution < -0.4 is 4.72 Å². The van der Waals surface area contributed by atoms with Gasteiger partial charge >= 0.3 is 0 Å². The van der Waals surface area contributed by atoms with Gasteiger partial charge in [-0.15, -0.1) is 11.3 Å². The molecule has 0 aliphatic heterocycles. The molecular formula is C16H16N2S3. The van der Waals surface area contributed by atoms with E-state index < -0.39 is 0 Å². The fraction of sp³-hybridized carbons (Fsp3) is 0.188. The Hall–Kier alpha value is -1.17. The number of anilines is 1. The lowest BCUT2D eigenvalue weighted by atomic mass is 10.3. The molecule has 0 spiro atoms. The molecule has 0 saturated carbocycles. The Morgan fingerprint density at radius 2 is 1.76 bits per heavy atom. The minimum Gasteiger partial charge on any atom is -0.330 e. The molecule has 3 aromatic rings. The van der Waals surface area contributed by atoms with E-state index in [0.717, 1.165) is 17.0 Å². The number of rotatable bonds is 7. The number of thiazole rings is 1. The maximum Gasteiger partial charge on any atom is 0.151 e. The van der Waals surface area contributed by atoms with Crippen molar-refractivity contribution in [2.75, 3.05) is 16.2 Å². The maximum absolute atomic E-state index is 4.64. The quantitative estimate of drug-likeness (QED) is 0.349. The van der Waals surface area contributed by atoms with E-state index in [2.05, 4.69) is 40.0 Å². The molecule has 3 rings (SSSR count). The van der Waals surface area contributed by atoms with Crippen LogP contribution in [0.4, 0.5) is 5.69 Å². The molecule has 0 aliphatic rings. The van der Waals surface area contributed by atoms with Crippen LogP contribution in [0, 0.1) is 0 Å². The van der Waals surface area contributed by atoms with Crippen LogP contribution in [0.5, 0.6) is 0 Å². The molecule has 21 heavy (non-hydrogen) atoms. The molecule has 5 heteroatoms. The number of thioether (sulfide) groups is 1. The second-order valence-electron chi connectivity index (χ2n) is 4.47. The molecule has 0 unspecified atom stereocenters. The third-order valence-electron chi connectivity index (χ3n) is 2.85. The van der Waals surface area contributed by atoms with Gasteiger partial charge in [0.2, 0.25) is 0 Å². The lowest BCUT2D eigenvalue weighted by molar-refractivity contribution is 1.12. The maximum atomic E-state index is 4.64. The van der Waals surface area contributed by atoms with E-state index >= 15 is 0 Å². The normalized spacial score (nSPS) is 10.9. The Labute approximate surface area is 137 Å². The first kappa shape index (κ1) is 14.8. The van der Waals surface area contributed by atoms with Crippen LogP contribution in [0.2, 0.25) is 0 Å². The van der Waals surface area contributed by atoms with Crippen molar-refractivity contribution < 1.29 is 0 Å². The smallest absolute Gasteiger partial charge is 0.151 e. The third kappa shape index (κ3) is 4.40. The summed E-state index contributed by atoms with van der Waals surface area (Å²) in [6.45, 7) is 0. The predicted molar refractivity (Wildman–Crippen MR) is 97.5 cm³/mol. The van der Waals surface area contributed by atoms with Gasteiger partial charge in [-0.05, 0) is 30.7 Å². The summed E-state index contributed by atoms with van der Waals surface area (Å²) in [5.41, 5.74) is 2.28. The van der Waals surface area contributed by atoms with Gasteiger partial charge in [0, 0.05) is 17.2 Å². The number of hydrogen-bond acceptors (Lipinski definition) is 5. The molecule has 0 saturated heterocycles. The first-order valence-corrected chi connectivity index (χ1v) is 9.62. The number of aromatic nitrogens is 1. The van der Waals surface area contributed by atoms with Crippen molar-refractivity contribution in [3.8, 4) is 0 Å². The highest BCUT2D eigenvalue weighted by Gasteiger charge is 2.03. The molecular weight excluding hydrogens is 316 g/mol. The number of fused-ring (bicyclic) bond motifs is 1. The van der Waals surface area contributed by atoms with Crippen LogP contribution in [0.25, 0.3) is 10.2 Å². The highest BCUT2D eigenvalue weighted by molar-refractivity contribution is 8.01. The fourth-order valence-corrected chi connectivity index (χ4v) is 4.80. The number of hydrogen-bond donors (Lipinski definition) is 1. The van der Waals surface area contributed by atoms with E-state index in [1.54, 1.807) is 23.3 Å². The van der Waals surface area contributed by atoms with Gasteiger partial charge in [-0.1, -0.05) is 54.0 Å². The van der Waals surface area contributed by atoms with Crippen LogP contribution in [-0.4, -0.2) is 16.5 Å². The van der Waals surface area contributed by atoms with Crippen molar-refractivity contribution >= 4 is 51.0 Å². The molecule has 0 radical (unpaired) electrons. The first-order valence-electron chi connectivity index (χ1n) is 6.83. The third-order valence-corrected chi connectivity index (χ3v) is 5.99. The van der Waals surface area contributed by atoms with E-state index in [1.165, 1.54) is 21.1 Å². The minimum absolute atomic E-state index is 1.10. The Kier molecular flexibility index (Phi) is 5.43. The lowest BCUT2D eigenvalue weighted by Gasteiger charge is -2.04. The predicted octanol–water partition coefficient (Wildman–Crippen LogP) is 5.54. The van der Waals surface area contributed by atoms with E-state index in [4.69, 9.17) is 0 Å². The van der Waals surface area contributed by atoms with Gasteiger partial charge in [-0.25, -0.2) is 4.98 Å². The summed E-state index contributed by atoms with van der Waals surface area (Å²) in [7, 11) is 0. The average molecular weight is 333 g/mol.